The lowest BCUT2D eigenvalue weighted by Gasteiger charge is -2.66. The molecule has 0 N–H and O–H groups in total. The number of hydrogen-bond donors (Lipinski definition) is 0. The van der Waals surface area contributed by atoms with E-state index in [9.17, 15) is 52.8 Å². The summed E-state index contributed by atoms with van der Waals surface area (Å²) in [6.07, 6.45) is -22.2. The Hall–Kier alpha value is -0.560. The molecular weight excluding hydrogens is 323 g/mol. The molecule has 0 aliphatic heterocycles. The zero-order valence-corrected chi connectivity index (χ0v) is 9.56. The van der Waals surface area contributed by atoms with Crippen molar-refractivity contribution in [1.29, 1.82) is 0 Å². The maximum absolute atomic E-state index is 12.3. The summed E-state index contributed by atoms with van der Waals surface area (Å²) in [7, 11) is -8.69. The molecule has 0 saturated carbocycles. The van der Waals surface area contributed by atoms with Crippen molar-refractivity contribution < 1.29 is 52.8 Å². The van der Waals surface area contributed by atoms with Gasteiger partial charge in [0.25, 0.3) is 4.75 Å². The summed E-state index contributed by atoms with van der Waals surface area (Å²) >= 11 is 0. The van der Waals surface area contributed by atoms with Gasteiger partial charge in [0.1, 0.15) is 0 Å². The van der Waals surface area contributed by atoms with Crippen LogP contribution in [0, 0.1) is 0 Å². The van der Waals surface area contributed by atoms with Crippen LogP contribution >= 0.6 is 0 Å². The van der Waals surface area contributed by atoms with Crippen molar-refractivity contribution in [1.82, 2.24) is 0 Å². The third-order valence-electron chi connectivity index (χ3n) is 2.29. The Bertz CT molecular complexity index is 375. The fourth-order valence-corrected chi connectivity index (χ4v) is 3.14. The predicted molar refractivity (Wildman–Crippen MR) is 41.1 cm³/mol. The molecule has 118 valence electrons. The first-order valence-electron chi connectivity index (χ1n) is 4.15. The van der Waals surface area contributed by atoms with Crippen LogP contribution in [0.3, 0.4) is 0 Å². The van der Waals surface area contributed by atoms with Crippen LogP contribution < -0.4 is 0 Å². The predicted octanol–water partition coefficient (Wildman–Crippen LogP) is 2.51. The molecule has 13 heteroatoms. The highest BCUT2D eigenvalue weighted by molar-refractivity contribution is 8.11. The molecule has 3 nitrogen and oxygen atoms in total. The summed E-state index contributed by atoms with van der Waals surface area (Å²) in [5.74, 6) is -2.53. The SMILES string of the molecule is CCS(=O)([O-])([O-])C(C(F)(F)F)(C(F)(F)F)C(F)(F)F. The van der Waals surface area contributed by atoms with Gasteiger partial charge in [-0.1, -0.05) is 6.92 Å². The number of rotatable bonds is 2. The van der Waals surface area contributed by atoms with Crippen LogP contribution in [0.15, 0.2) is 0 Å². The summed E-state index contributed by atoms with van der Waals surface area (Å²) in [5, 5.41) is 0. The van der Waals surface area contributed by atoms with E-state index in [1.165, 1.54) is 0 Å². The van der Waals surface area contributed by atoms with Gasteiger partial charge in [0.15, 0.2) is 0 Å². The first-order chi connectivity index (χ1) is 7.84. The molecule has 0 atom stereocenters. The average molecular weight is 328 g/mol. The van der Waals surface area contributed by atoms with Crippen LogP contribution in [0.2, 0.25) is 0 Å². The van der Waals surface area contributed by atoms with E-state index in [2.05, 4.69) is 0 Å². The number of sulfone groups is 3. The van der Waals surface area contributed by atoms with Crippen LogP contribution in [0.1, 0.15) is 6.92 Å². The molecule has 0 amide bonds. The summed E-state index contributed by atoms with van der Waals surface area (Å²) in [6.45, 7) is -0.0349. The second-order valence-corrected chi connectivity index (χ2v) is 6.51. The van der Waals surface area contributed by atoms with Crippen molar-refractivity contribution in [2.45, 2.75) is 30.2 Å². The van der Waals surface area contributed by atoms with Crippen LogP contribution in [-0.2, 0) is 9.63 Å². The molecule has 0 radical (unpaired) electrons. The van der Waals surface area contributed by atoms with Gasteiger partial charge in [0, 0.05) is 0 Å². The van der Waals surface area contributed by atoms with Crippen LogP contribution in [0.4, 0.5) is 39.5 Å². The second kappa shape index (κ2) is 3.97. The molecule has 0 rings (SSSR count). The van der Waals surface area contributed by atoms with Crippen molar-refractivity contribution in [3.05, 3.63) is 0 Å². The lowest BCUT2D eigenvalue weighted by atomic mass is 10.1. The average Bonchev–Trinajstić information content (AvgIpc) is 1.93. The molecule has 0 bridgehead atoms. The maximum atomic E-state index is 12.3. The van der Waals surface area contributed by atoms with E-state index in [0.717, 1.165) is 0 Å². The highest BCUT2D eigenvalue weighted by atomic mass is 32.3. The van der Waals surface area contributed by atoms with E-state index in [-0.39, 0.29) is 6.92 Å². The fraction of sp³-hybridized carbons (Fsp3) is 1.00. The monoisotopic (exact) mass is 328 g/mol. The van der Waals surface area contributed by atoms with Crippen molar-refractivity contribution >= 4 is 9.63 Å². The van der Waals surface area contributed by atoms with Crippen LogP contribution in [0.25, 0.3) is 0 Å². The van der Waals surface area contributed by atoms with Crippen molar-refractivity contribution in [3.63, 3.8) is 0 Å². The van der Waals surface area contributed by atoms with Gasteiger partial charge in [0.2, 0.25) is 0 Å². The van der Waals surface area contributed by atoms with Gasteiger partial charge < -0.3 is 13.3 Å². The van der Waals surface area contributed by atoms with Gasteiger partial charge >= 0.3 is 18.5 Å². The molecule has 0 aromatic heterocycles. The Morgan fingerprint density at radius 1 is 0.789 bits per heavy atom. The van der Waals surface area contributed by atoms with E-state index < -0.39 is 38.7 Å². The molecule has 0 aliphatic rings. The largest absolute Gasteiger partial charge is 0.797 e. The molecule has 0 aromatic rings. The van der Waals surface area contributed by atoms with Gasteiger partial charge in [-0.15, -0.1) is 0 Å². The zero-order valence-electron chi connectivity index (χ0n) is 8.74. The van der Waals surface area contributed by atoms with Gasteiger partial charge in [-0.25, -0.2) is 0 Å². The van der Waals surface area contributed by atoms with Crippen molar-refractivity contribution in [3.8, 4) is 0 Å². The Labute approximate surface area is 99.4 Å². The van der Waals surface area contributed by atoms with Gasteiger partial charge in [-0.2, -0.15) is 49.1 Å². The highest BCUT2D eigenvalue weighted by Crippen LogP contribution is 2.62. The van der Waals surface area contributed by atoms with Crippen molar-refractivity contribution in [2.75, 3.05) is 5.75 Å². The first kappa shape index (κ1) is 18.4. The topological polar surface area (TPSA) is 63.2 Å². The summed E-state index contributed by atoms with van der Waals surface area (Å²) in [5.41, 5.74) is 0. The molecule has 0 fully saturated rings. The lowest BCUT2D eigenvalue weighted by molar-refractivity contribution is -0.352. The minimum absolute atomic E-state index is 0.0349. The molecule has 0 heterocycles. The molecule has 0 unspecified atom stereocenters. The number of halogens is 9. The second-order valence-electron chi connectivity index (χ2n) is 3.42. The third kappa shape index (κ3) is 2.31. The Kier molecular flexibility index (Phi) is 3.86. The smallest absolute Gasteiger partial charge is 0.419 e. The van der Waals surface area contributed by atoms with Gasteiger partial charge in [-0.3, -0.25) is 0 Å². The molecule has 0 spiro atoms. The number of hydrogen-bond acceptors (Lipinski definition) is 3. The molecule has 0 aliphatic carbocycles. The molecular formula is C6H5F9O3S-2. The van der Waals surface area contributed by atoms with Crippen LogP contribution in [0.5, 0.6) is 0 Å². The van der Waals surface area contributed by atoms with E-state index in [0.29, 0.717) is 0 Å². The van der Waals surface area contributed by atoms with Crippen LogP contribution in [-0.4, -0.2) is 42.3 Å². The maximum Gasteiger partial charge on any atom is 0.419 e. The Balaban J connectivity index is 6.95. The van der Waals surface area contributed by atoms with Gasteiger partial charge in [-0.05, 0) is 5.75 Å². The quantitative estimate of drug-likeness (QED) is 0.732. The highest BCUT2D eigenvalue weighted by Gasteiger charge is 2.87. The number of alkyl halides is 9. The third-order valence-corrected chi connectivity index (χ3v) is 5.16. The van der Waals surface area contributed by atoms with Gasteiger partial charge in [0.05, 0.1) is 0 Å². The van der Waals surface area contributed by atoms with E-state index in [1.54, 1.807) is 0 Å². The minimum atomic E-state index is -8.69. The summed E-state index contributed by atoms with van der Waals surface area (Å²) < 4.78 is 136. The Morgan fingerprint density at radius 3 is 1.05 bits per heavy atom. The standard InChI is InChI=1S/C6H7F9O3S/c1-2-19(16,17,18)3(4(7,8)9,5(10,11)12)6(13,14)15/h2H2,1H3,(H2,16,17,18)/p-2. The van der Waals surface area contributed by atoms with E-state index in [4.69, 9.17) is 0 Å². The Morgan fingerprint density at radius 2 is 1.00 bits per heavy atom. The summed E-state index contributed by atoms with van der Waals surface area (Å²) in [6, 6.07) is 0. The zero-order chi connectivity index (χ0) is 16.2. The molecule has 0 aromatic carbocycles. The molecule has 19 heavy (non-hydrogen) atoms. The normalized spacial score (nSPS) is 18.0. The van der Waals surface area contributed by atoms with Crippen molar-refractivity contribution in [2.24, 2.45) is 0 Å². The molecule has 0 saturated heterocycles. The minimum Gasteiger partial charge on any atom is -0.797 e. The lowest BCUT2D eigenvalue weighted by Crippen LogP contribution is -2.78. The van der Waals surface area contributed by atoms with E-state index >= 15 is 0 Å². The van der Waals surface area contributed by atoms with E-state index in [1.807, 2.05) is 0 Å². The summed E-state index contributed by atoms with van der Waals surface area (Å²) in [4.78, 5) is 0. The fourth-order valence-electron chi connectivity index (χ4n) is 1.37. The first-order valence-corrected chi connectivity index (χ1v) is 6.14.